The second-order valence-electron chi connectivity index (χ2n) is 2.03. The molecular weight excluding hydrogens is 180 g/mol. The van der Waals surface area contributed by atoms with Crippen molar-refractivity contribution in [3.8, 4) is 0 Å². The second kappa shape index (κ2) is 4.91. The molecule has 0 aliphatic heterocycles. The monoisotopic (exact) mass is 186 g/mol. The van der Waals surface area contributed by atoms with Crippen LogP contribution in [0.1, 0.15) is 6.42 Å². The first-order valence-corrected chi connectivity index (χ1v) is 3.17. The Morgan fingerprint density at radius 2 is 1.85 bits per heavy atom. The van der Waals surface area contributed by atoms with Crippen molar-refractivity contribution in [2.75, 3.05) is 7.11 Å². The van der Waals surface area contributed by atoms with Crippen molar-refractivity contribution in [1.29, 1.82) is 0 Å². The van der Waals surface area contributed by atoms with Crippen LogP contribution in [0.5, 0.6) is 0 Å². The molecule has 0 aliphatic rings. The summed E-state index contributed by atoms with van der Waals surface area (Å²) in [5.41, 5.74) is -0.688. The first-order chi connectivity index (χ1) is 5.97. The number of methoxy groups -OCH3 is 1. The Labute approximate surface area is 73.4 Å². The summed E-state index contributed by atoms with van der Waals surface area (Å²) in [6.07, 6.45) is -0.359. The van der Waals surface area contributed by atoms with Gasteiger partial charge in [0.1, 0.15) is 0 Å². The van der Waals surface area contributed by atoms with Crippen LogP contribution in [0, 0.1) is 0 Å². The van der Waals surface area contributed by atoms with Gasteiger partial charge in [0.2, 0.25) is 0 Å². The fourth-order valence-corrected chi connectivity index (χ4v) is 0.539. The Morgan fingerprint density at radius 1 is 1.31 bits per heavy atom. The van der Waals surface area contributed by atoms with Crippen molar-refractivity contribution in [2.24, 2.45) is 0 Å². The zero-order valence-electron chi connectivity index (χ0n) is 6.73. The highest BCUT2D eigenvalue weighted by Gasteiger charge is 2.03. The van der Waals surface area contributed by atoms with Gasteiger partial charge in [-0.1, -0.05) is 0 Å². The molecule has 0 bridgehead atoms. The summed E-state index contributed by atoms with van der Waals surface area (Å²) in [6, 6.07) is 0. The van der Waals surface area contributed by atoms with Crippen LogP contribution in [0.25, 0.3) is 0 Å². The molecule has 0 aliphatic carbocycles. The number of aliphatic carboxylic acids is 2. The highest BCUT2D eigenvalue weighted by atomic mass is 16.5. The van der Waals surface area contributed by atoms with E-state index in [2.05, 4.69) is 4.74 Å². The molecule has 6 heteroatoms. The largest absolute Gasteiger partial charge is 0.550 e. The molecule has 0 heterocycles. The number of carboxylic acid groups (broad SMARTS) is 2. The van der Waals surface area contributed by atoms with E-state index < -0.39 is 29.9 Å². The summed E-state index contributed by atoms with van der Waals surface area (Å²) in [5.74, 6) is -4.31. The molecule has 0 rings (SSSR count). The molecule has 0 atom stereocenters. The SMILES string of the molecule is COC(=O)C=C(CC(=O)[O-])C(=O)[O-]. The highest BCUT2D eigenvalue weighted by Crippen LogP contribution is 1.99. The van der Waals surface area contributed by atoms with Crippen LogP contribution in [0.15, 0.2) is 11.6 Å². The number of carbonyl (C=O) groups excluding carboxylic acids is 3. The molecule has 0 radical (unpaired) electrons. The number of rotatable bonds is 4. The number of carbonyl (C=O) groups is 3. The molecule has 0 aromatic carbocycles. The predicted octanol–water partition coefficient (Wildman–Crippen LogP) is -3.02. The smallest absolute Gasteiger partial charge is 0.330 e. The van der Waals surface area contributed by atoms with Gasteiger partial charge in [-0.25, -0.2) is 4.79 Å². The average Bonchev–Trinajstić information content (AvgIpc) is 2.02. The third-order valence-electron chi connectivity index (χ3n) is 1.09. The summed E-state index contributed by atoms with van der Waals surface area (Å²) >= 11 is 0. The highest BCUT2D eigenvalue weighted by molar-refractivity contribution is 5.97. The Balaban J connectivity index is 4.60. The van der Waals surface area contributed by atoms with Crippen molar-refractivity contribution in [3.05, 3.63) is 11.6 Å². The maximum Gasteiger partial charge on any atom is 0.330 e. The standard InChI is InChI=1S/C7H8O6/c1-13-6(10)3-4(7(11)12)2-5(8)9/h3H,2H2,1H3,(H,8,9)(H,11,12)/p-2. The minimum atomic E-state index is -1.74. The normalized spacial score (nSPS) is 10.7. The topological polar surface area (TPSA) is 107 Å². The van der Waals surface area contributed by atoms with E-state index in [1.807, 2.05) is 0 Å². The van der Waals surface area contributed by atoms with Gasteiger partial charge in [-0.3, -0.25) is 0 Å². The molecule has 0 saturated carbocycles. The molecular formula is C7H6O6-2. The Morgan fingerprint density at radius 3 is 2.15 bits per heavy atom. The summed E-state index contributed by atoms with van der Waals surface area (Å²) in [7, 11) is 1.03. The quantitative estimate of drug-likeness (QED) is 0.341. The number of hydrogen-bond donors (Lipinski definition) is 0. The molecule has 0 fully saturated rings. The minimum absolute atomic E-state index is 0.533. The van der Waals surface area contributed by atoms with E-state index >= 15 is 0 Å². The fraction of sp³-hybridized carbons (Fsp3) is 0.286. The summed E-state index contributed by atoms with van der Waals surface area (Å²) < 4.78 is 4.09. The van der Waals surface area contributed by atoms with Gasteiger partial charge in [0.25, 0.3) is 0 Å². The number of carboxylic acids is 2. The Kier molecular flexibility index (Phi) is 4.21. The lowest BCUT2D eigenvalue weighted by molar-refractivity contribution is -0.309. The van der Waals surface area contributed by atoms with Crippen molar-refractivity contribution in [2.45, 2.75) is 6.42 Å². The Bertz CT molecular complexity index is 264. The molecule has 0 saturated heterocycles. The van der Waals surface area contributed by atoms with E-state index in [1.54, 1.807) is 0 Å². The zero-order valence-corrected chi connectivity index (χ0v) is 6.73. The maximum atomic E-state index is 10.5. The third-order valence-corrected chi connectivity index (χ3v) is 1.09. The lowest BCUT2D eigenvalue weighted by Crippen LogP contribution is -2.30. The number of ether oxygens (including phenoxy) is 1. The zero-order chi connectivity index (χ0) is 10.4. The minimum Gasteiger partial charge on any atom is -0.550 e. The molecule has 0 aromatic heterocycles. The summed E-state index contributed by atoms with van der Waals surface area (Å²) in [4.78, 5) is 30.7. The first kappa shape index (κ1) is 11.2. The van der Waals surface area contributed by atoms with Gasteiger partial charge in [-0.2, -0.15) is 0 Å². The number of hydrogen-bond acceptors (Lipinski definition) is 6. The molecule has 72 valence electrons. The van der Waals surface area contributed by atoms with Crippen molar-refractivity contribution in [1.82, 2.24) is 0 Å². The summed E-state index contributed by atoms with van der Waals surface area (Å²) in [6.45, 7) is 0. The van der Waals surface area contributed by atoms with E-state index in [1.165, 1.54) is 0 Å². The van der Waals surface area contributed by atoms with E-state index in [9.17, 15) is 24.6 Å². The lowest BCUT2D eigenvalue weighted by atomic mass is 10.2. The maximum absolute atomic E-state index is 10.5. The van der Waals surface area contributed by atoms with Crippen LogP contribution < -0.4 is 10.2 Å². The molecule has 0 aromatic rings. The molecule has 0 spiro atoms. The van der Waals surface area contributed by atoms with Gasteiger partial charge in [0.05, 0.1) is 13.1 Å². The Hall–Kier alpha value is -1.85. The number of esters is 1. The molecule has 0 amide bonds. The van der Waals surface area contributed by atoms with E-state index in [4.69, 9.17) is 0 Å². The first-order valence-electron chi connectivity index (χ1n) is 3.17. The van der Waals surface area contributed by atoms with Crippen LogP contribution >= 0.6 is 0 Å². The van der Waals surface area contributed by atoms with Crippen LogP contribution in [0.2, 0.25) is 0 Å². The van der Waals surface area contributed by atoms with Crippen LogP contribution in [-0.2, 0) is 19.1 Å². The van der Waals surface area contributed by atoms with Gasteiger partial charge in [0.15, 0.2) is 0 Å². The molecule has 0 N–H and O–H groups in total. The van der Waals surface area contributed by atoms with E-state index in [-0.39, 0.29) is 0 Å². The summed E-state index contributed by atoms with van der Waals surface area (Å²) in [5, 5.41) is 20.2. The van der Waals surface area contributed by atoms with Gasteiger partial charge in [-0.15, -0.1) is 0 Å². The van der Waals surface area contributed by atoms with Gasteiger partial charge in [0, 0.05) is 18.5 Å². The van der Waals surface area contributed by atoms with Crippen LogP contribution in [0.3, 0.4) is 0 Å². The van der Waals surface area contributed by atoms with Crippen LogP contribution in [0.4, 0.5) is 0 Å². The molecule has 0 unspecified atom stereocenters. The molecule has 13 heavy (non-hydrogen) atoms. The molecule has 6 nitrogen and oxygen atoms in total. The lowest BCUT2D eigenvalue weighted by Gasteiger charge is -2.08. The average molecular weight is 186 g/mol. The van der Waals surface area contributed by atoms with Gasteiger partial charge < -0.3 is 24.5 Å². The fourth-order valence-electron chi connectivity index (χ4n) is 0.539. The third kappa shape index (κ3) is 4.57. The van der Waals surface area contributed by atoms with Crippen molar-refractivity contribution >= 4 is 17.9 Å². The van der Waals surface area contributed by atoms with Crippen LogP contribution in [-0.4, -0.2) is 25.0 Å². The van der Waals surface area contributed by atoms with Gasteiger partial charge >= 0.3 is 5.97 Å². The van der Waals surface area contributed by atoms with Crippen molar-refractivity contribution in [3.63, 3.8) is 0 Å². The second-order valence-corrected chi connectivity index (χ2v) is 2.03. The van der Waals surface area contributed by atoms with Gasteiger partial charge in [-0.05, 0) is 5.57 Å². The van der Waals surface area contributed by atoms with E-state index in [0.29, 0.717) is 6.08 Å². The van der Waals surface area contributed by atoms with E-state index in [0.717, 1.165) is 7.11 Å². The van der Waals surface area contributed by atoms with Crippen molar-refractivity contribution < 1.29 is 29.3 Å². The predicted molar refractivity (Wildman–Crippen MR) is 34.7 cm³/mol.